The Morgan fingerprint density at radius 3 is 2.41 bits per heavy atom. The van der Waals surface area contributed by atoms with Crippen molar-refractivity contribution in [3.8, 4) is 0 Å². The fourth-order valence-corrected chi connectivity index (χ4v) is 3.19. The van der Waals surface area contributed by atoms with E-state index in [1.54, 1.807) is 20.8 Å². The molecule has 0 bridgehead atoms. The number of carbonyl (C=O) groups excluding carboxylic acids is 2. The molecular weight excluding hydrogens is 350 g/mol. The van der Waals surface area contributed by atoms with Gasteiger partial charge in [0.1, 0.15) is 17.5 Å². The highest BCUT2D eigenvalue weighted by Crippen LogP contribution is 2.34. The Morgan fingerprint density at radius 2 is 1.81 bits per heavy atom. The van der Waals surface area contributed by atoms with Gasteiger partial charge in [0.25, 0.3) is 0 Å². The van der Waals surface area contributed by atoms with Gasteiger partial charge < -0.3 is 19.9 Å². The minimum absolute atomic E-state index is 0.140. The van der Waals surface area contributed by atoms with Gasteiger partial charge in [-0.1, -0.05) is 13.8 Å². The third kappa shape index (κ3) is 4.32. The zero-order chi connectivity index (χ0) is 20.4. The molecule has 0 saturated carbocycles. The van der Waals surface area contributed by atoms with Gasteiger partial charge in [-0.25, -0.2) is 14.6 Å². The van der Waals surface area contributed by atoms with Gasteiger partial charge in [0.05, 0.1) is 32.6 Å². The molecule has 1 amide bonds. The molecule has 0 aromatic carbocycles. The molecule has 0 fully saturated rings. The van der Waals surface area contributed by atoms with Crippen LogP contribution in [0.15, 0.2) is 0 Å². The number of anilines is 1. The highest BCUT2D eigenvalue weighted by molar-refractivity contribution is 5.82. The summed E-state index contributed by atoms with van der Waals surface area (Å²) in [7, 11) is 1.31. The first-order valence-corrected chi connectivity index (χ1v) is 9.15. The number of fused-ring (bicyclic) bond motifs is 3. The van der Waals surface area contributed by atoms with E-state index >= 15 is 0 Å². The Labute approximate surface area is 160 Å². The van der Waals surface area contributed by atoms with Crippen LogP contribution in [0.2, 0.25) is 0 Å². The van der Waals surface area contributed by atoms with Gasteiger partial charge in [-0.3, -0.25) is 4.90 Å². The van der Waals surface area contributed by atoms with Crippen LogP contribution in [-0.2, 0) is 45.2 Å². The number of rotatable bonds is 1. The molecule has 0 saturated heterocycles. The van der Waals surface area contributed by atoms with Crippen molar-refractivity contribution in [1.29, 1.82) is 0 Å². The first-order valence-electron chi connectivity index (χ1n) is 9.15. The summed E-state index contributed by atoms with van der Waals surface area (Å²) < 4.78 is 15.8. The van der Waals surface area contributed by atoms with E-state index in [0.717, 1.165) is 16.7 Å². The zero-order valence-electron chi connectivity index (χ0n) is 16.9. The predicted molar refractivity (Wildman–Crippen MR) is 99.8 cm³/mol. The van der Waals surface area contributed by atoms with Crippen molar-refractivity contribution in [1.82, 2.24) is 9.88 Å². The number of esters is 1. The van der Waals surface area contributed by atoms with Gasteiger partial charge in [-0.05, 0) is 31.9 Å². The second-order valence-corrected chi connectivity index (χ2v) is 7.22. The third-order valence-electron chi connectivity index (χ3n) is 4.33. The molecule has 2 aliphatic rings. The van der Waals surface area contributed by atoms with Crippen LogP contribution in [0.5, 0.6) is 0 Å². The molecule has 3 heterocycles. The summed E-state index contributed by atoms with van der Waals surface area (Å²) in [4.78, 5) is 30.6. The number of carbonyl (C=O) groups is 2. The Kier molecular flexibility index (Phi) is 6.30. The van der Waals surface area contributed by atoms with Gasteiger partial charge in [-0.15, -0.1) is 0 Å². The average Bonchev–Trinajstić information content (AvgIpc) is 3.11. The fourth-order valence-electron chi connectivity index (χ4n) is 3.19. The van der Waals surface area contributed by atoms with E-state index in [-0.39, 0.29) is 6.54 Å². The lowest BCUT2D eigenvalue weighted by molar-refractivity contribution is -0.147. The Bertz CT molecular complexity index is 727. The Morgan fingerprint density at radius 1 is 1.19 bits per heavy atom. The molecule has 0 spiro atoms. The molecule has 8 nitrogen and oxygen atoms in total. The lowest BCUT2D eigenvalue weighted by Gasteiger charge is -2.36. The van der Waals surface area contributed by atoms with Crippen molar-refractivity contribution in [2.24, 2.45) is 0 Å². The first kappa shape index (κ1) is 21.0. The lowest BCUT2D eigenvalue weighted by Crippen LogP contribution is -2.51. The molecule has 27 heavy (non-hydrogen) atoms. The summed E-state index contributed by atoms with van der Waals surface area (Å²) in [5, 5.41) is 0. The van der Waals surface area contributed by atoms with Crippen molar-refractivity contribution >= 4 is 17.9 Å². The number of nitrogens with zero attached hydrogens (tertiary/aromatic N) is 2. The molecule has 1 aromatic heterocycles. The second-order valence-electron chi connectivity index (χ2n) is 7.22. The molecule has 2 aliphatic heterocycles. The van der Waals surface area contributed by atoms with Crippen LogP contribution in [0.25, 0.3) is 0 Å². The number of methoxy groups -OCH3 is 1. The third-order valence-corrected chi connectivity index (χ3v) is 4.33. The number of amides is 1. The van der Waals surface area contributed by atoms with E-state index in [1.807, 2.05) is 13.8 Å². The van der Waals surface area contributed by atoms with Gasteiger partial charge in [0, 0.05) is 12.0 Å². The Hall–Kier alpha value is -2.35. The number of ether oxygens (including phenoxy) is 3. The van der Waals surface area contributed by atoms with Crippen LogP contribution in [-0.4, -0.2) is 40.7 Å². The molecule has 1 unspecified atom stereocenters. The van der Waals surface area contributed by atoms with Crippen LogP contribution in [0.3, 0.4) is 0 Å². The maximum atomic E-state index is 12.6. The molecular formula is C19H29N3O5. The summed E-state index contributed by atoms with van der Waals surface area (Å²) in [5.74, 6) is -0.0760. The molecule has 1 atom stereocenters. The largest absolute Gasteiger partial charge is 0.467 e. The maximum Gasteiger partial charge on any atom is 0.411 e. The summed E-state index contributed by atoms with van der Waals surface area (Å²) in [6.07, 6.45) is -0.272. The predicted octanol–water partition coefficient (Wildman–Crippen LogP) is 2.56. The standard InChI is InChI=1S/C17H23N3O5.C2H6/c1-17(2,3)25-16(22)20-6-12-9(5-13(20)15(21)23-4)10-7-24-8-11(10)14(18)19-12;1-2/h13H,5-8H2,1-4H3,(H2,18,19);1-2H3. The second kappa shape index (κ2) is 8.12. The van der Waals surface area contributed by atoms with Crippen molar-refractivity contribution in [3.63, 3.8) is 0 Å². The summed E-state index contributed by atoms with van der Waals surface area (Å²) in [6, 6.07) is -0.762. The van der Waals surface area contributed by atoms with E-state index in [1.165, 1.54) is 12.0 Å². The van der Waals surface area contributed by atoms with E-state index in [4.69, 9.17) is 19.9 Å². The summed E-state index contributed by atoms with van der Waals surface area (Å²) >= 11 is 0. The zero-order valence-corrected chi connectivity index (χ0v) is 16.9. The van der Waals surface area contributed by atoms with Crippen LogP contribution in [0, 0.1) is 0 Å². The molecule has 8 heteroatoms. The number of hydrogen-bond donors (Lipinski definition) is 1. The topological polar surface area (TPSA) is 104 Å². The van der Waals surface area contributed by atoms with E-state index in [2.05, 4.69) is 4.98 Å². The van der Waals surface area contributed by atoms with Crippen molar-refractivity contribution in [2.45, 2.75) is 72.4 Å². The molecule has 150 valence electrons. The van der Waals surface area contributed by atoms with Crippen molar-refractivity contribution in [2.75, 3.05) is 12.8 Å². The molecule has 1 aromatic rings. The van der Waals surface area contributed by atoms with Crippen LogP contribution in [0.1, 0.15) is 57.0 Å². The molecule has 2 N–H and O–H groups in total. The number of pyridine rings is 1. The minimum Gasteiger partial charge on any atom is -0.467 e. The Balaban J connectivity index is 0.00000126. The summed E-state index contributed by atoms with van der Waals surface area (Å²) in [5.41, 5.74) is 8.78. The van der Waals surface area contributed by atoms with Gasteiger partial charge in [0.15, 0.2) is 0 Å². The van der Waals surface area contributed by atoms with Gasteiger partial charge in [-0.2, -0.15) is 0 Å². The first-order chi connectivity index (χ1) is 12.7. The number of nitrogen functional groups attached to an aromatic ring is 1. The highest BCUT2D eigenvalue weighted by atomic mass is 16.6. The smallest absolute Gasteiger partial charge is 0.411 e. The number of nitrogens with two attached hydrogens (primary N) is 1. The van der Waals surface area contributed by atoms with E-state index < -0.39 is 23.7 Å². The van der Waals surface area contributed by atoms with Crippen LogP contribution < -0.4 is 5.73 Å². The van der Waals surface area contributed by atoms with E-state index in [9.17, 15) is 9.59 Å². The average molecular weight is 379 g/mol. The normalized spacial score (nSPS) is 18.0. The van der Waals surface area contributed by atoms with Crippen LogP contribution >= 0.6 is 0 Å². The van der Waals surface area contributed by atoms with Gasteiger partial charge >= 0.3 is 12.1 Å². The highest BCUT2D eigenvalue weighted by Gasteiger charge is 2.40. The number of hydrogen-bond acceptors (Lipinski definition) is 7. The maximum absolute atomic E-state index is 12.6. The minimum atomic E-state index is -0.762. The van der Waals surface area contributed by atoms with E-state index in [0.29, 0.717) is 31.1 Å². The van der Waals surface area contributed by atoms with Crippen molar-refractivity contribution in [3.05, 3.63) is 22.4 Å². The van der Waals surface area contributed by atoms with Gasteiger partial charge in [0.2, 0.25) is 0 Å². The molecule has 0 radical (unpaired) electrons. The SMILES string of the molecule is CC.COC(=O)C1Cc2c(nc(N)c3c2COC3)CN1C(=O)OC(C)(C)C. The quantitative estimate of drug-likeness (QED) is 0.748. The fraction of sp³-hybridized carbons (Fsp3) is 0.632. The molecule has 0 aliphatic carbocycles. The van der Waals surface area contributed by atoms with Crippen LogP contribution in [0.4, 0.5) is 10.6 Å². The monoisotopic (exact) mass is 379 g/mol. The lowest BCUT2D eigenvalue weighted by atomic mass is 9.92. The summed E-state index contributed by atoms with van der Waals surface area (Å²) in [6.45, 7) is 10.3. The van der Waals surface area contributed by atoms with Crippen molar-refractivity contribution < 1.29 is 23.8 Å². The molecule has 3 rings (SSSR count). The number of aromatic nitrogens is 1.